The van der Waals surface area contributed by atoms with E-state index in [4.69, 9.17) is 9.15 Å². The second-order valence-electron chi connectivity index (χ2n) is 5.68. The Morgan fingerprint density at radius 2 is 2.04 bits per heavy atom. The molecule has 0 fully saturated rings. The summed E-state index contributed by atoms with van der Waals surface area (Å²) in [6, 6.07) is 9.80. The van der Waals surface area contributed by atoms with E-state index in [1.54, 1.807) is 29.4 Å². The number of carbonyl (C=O) groups excluding carboxylic acids is 1. The van der Waals surface area contributed by atoms with Gasteiger partial charge >= 0.3 is 0 Å². The van der Waals surface area contributed by atoms with E-state index in [9.17, 15) is 9.18 Å². The first-order valence-electron chi connectivity index (χ1n) is 8.52. The number of rotatable bonds is 11. The van der Waals surface area contributed by atoms with Gasteiger partial charge in [-0.3, -0.25) is 4.79 Å². The molecule has 25 heavy (non-hydrogen) atoms. The molecule has 1 N–H and O–H groups in total. The molecule has 0 saturated carbocycles. The minimum atomic E-state index is -0.288. The number of ether oxygens (including phenoxy) is 1. The third kappa shape index (κ3) is 7.07. The highest BCUT2D eigenvalue weighted by Gasteiger charge is 2.15. The van der Waals surface area contributed by atoms with E-state index in [2.05, 4.69) is 5.32 Å². The number of hydrogen-bond donors (Lipinski definition) is 1. The molecule has 0 aliphatic carbocycles. The number of halogens is 1. The maximum absolute atomic E-state index is 13.1. The molecule has 1 amide bonds. The van der Waals surface area contributed by atoms with Gasteiger partial charge in [0.2, 0.25) is 5.91 Å². The Balaban J connectivity index is 1.88. The van der Waals surface area contributed by atoms with Crippen molar-refractivity contribution in [3.8, 4) is 0 Å². The normalized spacial score (nSPS) is 10.8. The van der Waals surface area contributed by atoms with E-state index in [0.29, 0.717) is 32.1 Å². The largest absolute Gasteiger partial charge is 0.467 e. The molecule has 2 rings (SSSR count). The van der Waals surface area contributed by atoms with Crippen LogP contribution in [-0.2, 0) is 22.6 Å². The van der Waals surface area contributed by atoms with Crippen molar-refractivity contribution in [2.24, 2.45) is 0 Å². The molecule has 1 aromatic heterocycles. The molecule has 5 nitrogen and oxygen atoms in total. The molecule has 1 heterocycles. The van der Waals surface area contributed by atoms with Crippen molar-refractivity contribution < 1.29 is 18.3 Å². The van der Waals surface area contributed by atoms with Gasteiger partial charge in [-0.25, -0.2) is 4.39 Å². The van der Waals surface area contributed by atoms with Crippen LogP contribution in [0.4, 0.5) is 4.39 Å². The molecule has 136 valence electrons. The van der Waals surface area contributed by atoms with Gasteiger partial charge in [0.25, 0.3) is 0 Å². The summed E-state index contributed by atoms with van der Waals surface area (Å²) in [5.41, 5.74) is 0.873. The summed E-state index contributed by atoms with van der Waals surface area (Å²) in [7, 11) is 0. The Bertz CT molecular complexity index is 614. The van der Waals surface area contributed by atoms with Gasteiger partial charge in [-0.2, -0.15) is 0 Å². The van der Waals surface area contributed by atoms with Crippen molar-refractivity contribution >= 4 is 5.91 Å². The van der Waals surface area contributed by atoms with Gasteiger partial charge in [-0.1, -0.05) is 12.1 Å². The number of carbonyl (C=O) groups is 1. The Kier molecular flexibility index (Phi) is 8.15. The van der Waals surface area contributed by atoms with Crippen LogP contribution in [0, 0.1) is 5.82 Å². The van der Waals surface area contributed by atoms with Crippen molar-refractivity contribution in [2.45, 2.75) is 26.4 Å². The van der Waals surface area contributed by atoms with Crippen LogP contribution in [0.2, 0.25) is 0 Å². The first-order valence-corrected chi connectivity index (χ1v) is 8.52. The van der Waals surface area contributed by atoms with Gasteiger partial charge in [-0.15, -0.1) is 0 Å². The zero-order valence-corrected chi connectivity index (χ0v) is 14.5. The summed E-state index contributed by atoms with van der Waals surface area (Å²) in [5, 5.41) is 3.14. The van der Waals surface area contributed by atoms with Gasteiger partial charge < -0.3 is 19.4 Å². The molecular weight excluding hydrogens is 323 g/mol. The second kappa shape index (κ2) is 10.6. The summed E-state index contributed by atoms with van der Waals surface area (Å²) in [5.74, 6) is 0.396. The molecule has 0 atom stereocenters. The number of hydrogen-bond acceptors (Lipinski definition) is 4. The topological polar surface area (TPSA) is 54.7 Å². The molecule has 1 aromatic carbocycles. The van der Waals surface area contributed by atoms with Gasteiger partial charge in [-0.05, 0) is 49.7 Å². The van der Waals surface area contributed by atoms with Crippen molar-refractivity contribution in [1.82, 2.24) is 10.2 Å². The molecule has 0 aliphatic rings. The first kappa shape index (κ1) is 19.1. The summed E-state index contributed by atoms with van der Waals surface area (Å²) in [4.78, 5) is 14.2. The molecule has 0 radical (unpaired) electrons. The van der Waals surface area contributed by atoms with E-state index >= 15 is 0 Å². The number of nitrogens with one attached hydrogen (secondary N) is 1. The second-order valence-corrected chi connectivity index (χ2v) is 5.68. The van der Waals surface area contributed by atoms with Crippen LogP contribution in [0.25, 0.3) is 0 Å². The maximum Gasteiger partial charge on any atom is 0.237 e. The van der Waals surface area contributed by atoms with E-state index < -0.39 is 0 Å². The summed E-state index contributed by atoms with van der Waals surface area (Å²) < 4.78 is 23.7. The van der Waals surface area contributed by atoms with Crippen LogP contribution in [0.5, 0.6) is 0 Å². The van der Waals surface area contributed by atoms with Crippen LogP contribution in [0.3, 0.4) is 0 Å². The van der Waals surface area contributed by atoms with Crippen LogP contribution < -0.4 is 5.32 Å². The fraction of sp³-hybridized carbons (Fsp3) is 0.421. The maximum atomic E-state index is 13.1. The highest BCUT2D eigenvalue weighted by molar-refractivity contribution is 5.78. The lowest BCUT2D eigenvalue weighted by molar-refractivity contribution is -0.131. The highest BCUT2D eigenvalue weighted by Crippen LogP contribution is 2.11. The van der Waals surface area contributed by atoms with Crippen molar-refractivity contribution in [1.29, 1.82) is 0 Å². The number of benzene rings is 1. The highest BCUT2D eigenvalue weighted by atomic mass is 19.1. The van der Waals surface area contributed by atoms with Crippen LogP contribution in [-0.4, -0.2) is 37.1 Å². The SMILES string of the molecule is CCOCCCNCC(=O)N(Cc1ccc(F)cc1)Cc1ccco1. The monoisotopic (exact) mass is 348 g/mol. The summed E-state index contributed by atoms with van der Waals surface area (Å²) >= 11 is 0. The van der Waals surface area contributed by atoms with Gasteiger partial charge in [0, 0.05) is 19.8 Å². The lowest BCUT2D eigenvalue weighted by Crippen LogP contribution is -2.37. The third-order valence-corrected chi connectivity index (χ3v) is 3.69. The smallest absolute Gasteiger partial charge is 0.237 e. The van der Waals surface area contributed by atoms with Crippen molar-refractivity contribution in [2.75, 3.05) is 26.3 Å². The number of nitrogens with zero attached hydrogens (tertiary/aromatic N) is 1. The van der Waals surface area contributed by atoms with E-state index in [1.165, 1.54) is 12.1 Å². The van der Waals surface area contributed by atoms with E-state index in [0.717, 1.165) is 18.5 Å². The van der Waals surface area contributed by atoms with Gasteiger partial charge in [0.1, 0.15) is 11.6 Å². The molecule has 0 aliphatic heterocycles. The van der Waals surface area contributed by atoms with E-state index in [1.807, 2.05) is 13.0 Å². The Hall–Kier alpha value is -2.18. The third-order valence-electron chi connectivity index (χ3n) is 3.69. The van der Waals surface area contributed by atoms with Crippen LogP contribution in [0.15, 0.2) is 47.1 Å². The molecule has 0 bridgehead atoms. The van der Waals surface area contributed by atoms with Crippen LogP contribution >= 0.6 is 0 Å². The molecule has 0 unspecified atom stereocenters. The molecule has 0 spiro atoms. The molecule has 6 heteroatoms. The van der Waals surface area contributed by atoms with Crippen molar-refractivity contribution in [3.63, 3.8) is 0 Å². The first-order chi connectivity index (χ1) is 12.2. The lowest BCUT2D eigenvalue weighted by atomic mass is 10.2. The molecule has 0 saturated heterocycles. The van der Waals surface area contributed by atoms with Crippen molar-refractivity contribution in [3.05, 3.63) is 59.8 Å². The predicted molar refractivity (Wildman–Crippen MR) is 93.3 cm³/mol. The Morgan fingerprint density at radius 3 is 2.72 bits per heavy atom. The quantitative estimate of drug-likeness (QED) is 0.635. The Labute approximate surface area is 147 Å². The minimum Gasteiger partial charge on any atom is -0.467 e. The lowest BCUT2D eigenvalue weighted by Gasteiger charge is -2.22. The molecule has 2 aromatic rings. The standard InChI is InChI=1S/C19H25FN2O3/c1-2-24-11-4-10-21-13-19(23)22(15-18-5-3-12-25-18)14-16-6-8-17(20)9-7-16/h3,5-9,12,21H,2,4,10-11,13-15H2,1H3. The average Bonchev–Trinajstić information content (AvgIpc) is 3.12. The van der Waals surface area contributed by atoms with Gasteiger partial charge in [0.15, 0.2) is 0 Å². The van der Waals surface area contributed by atoms with E-state index in [-0.39, 0.29) is 18.3 Å². The zero-order valence-electron chi connectivity index (χ0n) is 14.5. The minimum absolute atomic E-state index is 0.0304. The Morgan fingerprint density at radius 1 is 1.24 bits per heavy atom. The zero-order chi connectivity index (χ0) is 17.9. The predicted octanol–water partition coefficient (Wildman–Crippen LogP) is 2.96. The number of furan rings is 1. The molecular formula is C19H25FN2O3. The summed E-state index contributed by atoms with van der Waals surface area (Å²) in [6.07, 6.45) is 2.44. The summed E-state index contributed by atoms with van der Waals surface area (Å²) in [6.45, 7) is 5.09. The fourth-order valence-corrected chi connectivity index (χ4v) is 2.38. The van der Waals surface area contributed by atoms with Gasteiger partial charge in [0.05, 0.1) is 19.4 Å². The van der Waals surface area contributed by atoms with Crippen LogP contribution in [0.1, 0.15) is 24.7 Å². The average molecular weight is 348 g/mol. The fourth-order valence-electron chi connectivity index (χ4n) is 2.38. The number of amides is 1.